The average molecular weight is 421 g/mol. The molecule has 1 aliphatic rings. The molecule has 8 nitrogen and oxygen atoms in total. The summed E-state index contributed by atoms with van der Waals surface area (Å²) in [6.45, 7) is 5.42. The van der Waals surface area contributed by atoms with Gasteiger partial charge in [0.05, 0.1) is 0 Å². The highest BCUT2D eigenvalue weighted by molar-refractivity contribution is 7.89. The van der Waals surface area contributed by atoms with Gasteiger partial charge in [-0.05, 0) is 24.1 Å². The number of anilines is 1. The van der Waals surface area contributed by atoms with Gasteiger partial charge < -0.3 is 9.80 Å². The van der Waals surface area contributed by atoms with Crippen LogP contribution < -0.4 is 9.62 Å². The highest BCUT2D eigenvalue weighted by atomic mass is 32.2. The van der Waals surface area contributed by atoms with Crippen molar-refractivity contribution >= 4 is 21.9 Å². The van der Waals surface area contributed by atoms with Gasteiger partial charge in [0.1, 0.15) is 16.8 Å². The monoisotopic (exact) mass is 421 g/mol. The number of sulfonamides is 1. The standard InChI is InChI=1S/C19H24FN5O3S/c1-14(2)17(23-29(27,28)16-7-4-3-6-15(16)20)18(26)24-10-12-25(13-11-24)19-21-8-5-9-22-19/h3-9,14,17,23H,10-13H2,1-2H3/t17-/m1/s1. The Labute approximate surface area is 169 Å². The average Bonchev–Trinajstić information content (AvgIpc) is 2.72. The topological polar surface area (TPSA) is 95.5 Å². The Morgan fingerprint density at radius 2 is 1.69 bits per heavy atom. The van der Waals surface area contributed by atoms with Crippen LogP contribution in [0.4, 0.5) is 10.3 Å². The van der Waals surface area contributed by atoms with E-state index in [-0.39, 0.29) is 11.8 Å². The first kappa shape index (κ1) is 21.1. The minimum atomic E-state index is -4.18. The molecule has 2 aromatic rings. The molecule has 0 radical (unpaired) electrons. The van der Waals surface area contributed by atoms with E-state index in [9.17, 15) is 17.6 Å². The molecule has 1 aromatic heterocycles. The molecule has 0 saturated carbocycles. The van der Waals surface area contributed by atoms with E-state index >= 15 is 0 Å². The Balaban J connectivity index is 1.70. The van der Waals surface area contributed by atoms with Crippen LogP contribution in [-0.4, -0.2) is 61.4 Å². The zero-order valence-corrected chi connectivity index (χ0v) is 17.1. The lowest BCUT2D eigenvalue weighted by Gasteiger charge is -2.37. The van der Waals surface area contributed by atoms with Crippen LogP contribution in [0.3, 0.4) is 0 Å². The minimum absolute atomic E-state index is 0.306. The number of halogens is 1. The van der Waals surface area contributed by atoms with Gasteiger partial charge in [0.15, 0.2) is 0 Å². The van der Waals surface area contributed by atoms with Gasteiger partial charge in [0.25, 0.3) is 0 Å². The Kier molecular flexibility index (Phi) is 6.43. The molecule has 3 rings (SSSR count). The van der Waals surface area contributed by atoms with E-state index < -0.39 is 26.8 Å². The largest absolute Gasteiger partial charge is 0.338 e. The van der Waals surface area contributed by atoms with E-state index in [1.165, 1.54) is 18.2 Å². The third-order valence-corrected chi connectivity index (χ3v) is 6.24. The number of nitrogens with zero attached hydrogens (tertiary/aromatic N) is 4. The number of benzene rings is 1. The van der Waals surface area contributed by atoms with Crippen molar-refractivity contribution in [3.8, 4) is 0 Å². The van der Waals surface area contributed by atoms with Crippen molar-refractivity contribution in [2.75, 3.05) is 31.1 Å². The summed E-state index contributed by atoms with van der Waals surface area (Å²) in [5.74, 6) is -0.889. The van der Waals surface area contributed by atoms with Gasteiger partial charge in [-0.3, -0.25) is 4.79 Å². The fourth-order valence-corrected chi connectivity index (χ4v) is 4.56. The summed E-state index contributed by atoms with van der Waals surface area (Å²) in [6, 6.07) is 5.85. The molecule has 1 N–H and O–H groups in total. The van der Waals surface area contributed by atoms with Gasteiger partial charge in [-0.2, -0.15) is 4.72 Å². The Morgan fingerprint density at radius 3 is 2.28 bits per heavy atom. The molecular weight excluding hydrogens is 397 g/mol. The van der Waals surface area contributed by atoms with Crippen LogP contribution in [-0.2, 0) is 14.8 Å². The Bertz CT molecular complexity index is 947. The van der Waals surface area contributed by atoms with Crippen molar-refractivity contribution in [1.29, 1.82) is 0 Å². The SMILES string of the molecule is CC(C)[C@@H](NS(=O)(=O)c1ccccc1F)C(=O)N1CCN(c2ncccn2)CC1. The van der Waals surface area contributed by atoms with Crippen molar-refractivity contribution in [3.63, 3.8) is 0 Å². The number of piperazine rings is 1. The number of carbonyl (C=O) groups is 1. The number of rotatable bonds is 6. The van der Waals surface area contributed by atoms with E-state index in [1.54, 1.807) is 37.2 Å². The highest BCUT2D eigenvalue weighted by Gasteiger charge is 2.34. The van der Waals surface area contributed by atoms with Gasteiger partial charge in [-0.1, -0.05) is 26.0 Å². The third kappa shape index (κ3) is 4.88. The second-order valence-electron chi connectivity index (χ2n) is 7.13. The molecule has 0 unspecified atom stereocenters. The number of aromatic nitrogens is 2. The van der Waals surface area contributed by atoms with Crippen molar-refractivity contribution < 1.29 is 17.6 Å². The molecule has 29 heavy (non-hydrogen) atoms. The molecule has 0 aliphatic carbocycles. The van der Waals surface area contributed by atoms with Crippen LogP contribution in [0.15, 0.2) is 47.6 Å². The lowest BCUT2D eigenvalue weighted by Crippen LogP contribution is -2.56. The number of hydrogen-bond acceptors (Lipinski definition) is 6. The van der Waals surface area contributed by atoms with Crippen LogP contribution in [0, 0.1) is 11.7 Å². The van der Waals surface area contributed by atoms with E-state index in [0.717, 1.165) is 6.07 Å². The normalized spacial score (nSPS) is 16.1. The Morgan fingerprint density at radius 1 is 1.07 bits per heavy atom. The quantitative estimate of drug-likeness (QED) is 0.755. The lowest BCUT2D eigenvalue weighted by atomic mass is 10.0. The molecule has 2 heterocycles. The van der Waals surface area contributed by atoms with Crippen LogP contribution in [0.5, 0.6) is 0 Å². The molecule has 1 aliphatic heterocycles. The molecular formula is C19H24FN5O3S. The zero-order chi connectivity index (χ0) is 21.0. The number of nitrogens with one attached hydrogen (secondary N) is 1. The maximum Gasteiger partial charge on any atom is 0.244 e. The van der Waals surface area contributed by atoms with Crippen molar-refractivity contribution in [2.45, 2.75) is 24.8 Å². The first-order valence-electron chi connectivity index (χ1n) is 9.37. The summed E-state index contributed by atoms with van der Waals surface area (Å²) >= 11 is 0. The molecule has 1 saturated heterocycles. The van der Waals surface area contributed by atoms with Crippen LogP contribution in [0.2, 0.25) is 0 Å². The van der Waals surface area contributed by atoms with Crippen LogP contribution in [0.25, 0.3) is 0 Å². The predicted molar refractivity (Wildman–Crippen MR) is 106 cm³/mol. The third-order valence-electron chi connectivity index (χ3n) is 4.77. The van der Waals surface area contributed by atoms with Gasteiger partial charge in [-0.25, -0.2) is 22.8 Å². The van der Waals surface area contributed by atoms with Crippen molar-refractivity contribution in [1.82, 2.24) is 19.6 Å². The molecule has 1 aromatic carbocycles. The summed E-state index contributed by atoms with van der Waals surface area (Å²) in [5, 5.41) is 0. The number of amides is 1. The smallest absolute Gasteiger partial charge is 0.244 e. The number of carbonyl (C=O) groups excluding carboxylic acids is 1. The molecule has 0 bridgehead atoms. The fourth-order valence-electron chi connectivity index (χ4n) is 3.14. The van der Waals surface area contributed by atoms with E-state index in [0.29, 0.717) is 32.1 Å². The maximum atomic E-state index is 14.0. The van der Waals surface area contributed by atoms with E-state index in [2.05, 4.69) is 14.7 Å². The molecule has 1 amide bonds. The van der Waals surface area contributed by atoms with E-state index in [1.807, 2.05) is 4.90 Å². The lowest BCUT2D eigenvalue weighted by molar-refractivity contribution is -0.134. The molecule has 0 spiro atoms. The second kappa shape index (κ2) is 8.83. The molecule has 156 valence electrons. The summed E-state index contributed by atoms with van der Waals surface area (Å²) < 4.78 is 41.6. The first-order valence-corrected chi connectivity index (χ1v) is 10.9. The Hall–Kier alpha value is -2.59. The maximum absolute atomic E-state index is 14.0. The van der Waals surface area contributed by atoms with Crippen LogP contribution >= 0.6 is 0 Å². The molecule has 1 fully saturated rings. The summed E-state index contributed by atoms with van der Waals surface area (Å²) in [6.07, 6.45) is 3.32. The zero-order valence-electron chi connectivity index (χ0n) is 16.3. The second-order valence-corrected chi connectivity index (χ2v) is 8.82. The summed E-state index contributed by atoms with van der Waals surface area (Å²) in [4.78, 5) is 24.6. The van der Waals surface area contributed by atoms with Gasteiger partial charge in [0, 0.05) is 38.6 Å². The highest BCUT2D eigenvalue weighted by Crippen LogP contribution is 2.18. The predicted octanol–water partition coefficient (Wildman–Crippen LogP) is 1.27. The van der Waals surface area contributed by atoms with Gasteiger partial charge >= 0.3 is 0 Å². The van der Waals surface area contributed by atoms with Crippen LogP contribution in [0.1, 0.15) is 13.8 Å². The fraction of sp³-hybridized carbons (Fsp3) is 0.421. The number of hydrogen-bond donors (Lipinski definition) is 1. The van der Waals surface area contributed by atoms with Crippen molar-refractivity contribution in [2.24, 2.45) is 5.92 Å². The molecule has 10 heteroatoms. The van der Waals surface area contributed by atoms with E-state index in [4.69, 9.17) is 0 Å². The van der Waals surface area contributed by atoms with Gasteiger partial charge in [0.2, 0.25) is 21.9 Å². The van der Waals surface area contributed by atoms with Crippen molar-refractivity contribution in [3.05, 3.63) is 48.5 Å². The molecule has 1 atom stereocenters. The summed E-state index contributed by atoms with van der Waals surface area (Å²) in [5.41, 5.74) is 0. The van der Waals surface area contributed by atoms with Gasteiger partial charge in [-0.15, -0.1) is 0 Å². The first-order chi connectivity index (χ1) is 13.8. The summed E-state index contributed by atoms with van der Waals surface area (Å²) in [7, 11) is -4.18. The minimum Gasteiger partial charge on any atom is -0.338 e.